The van der Waals surface area contributed by atoms with Gasteiger partial charge in [-0.1, -0.05) is 35.5 Å². The van der Waals surface area contributed by atoms with Crippen molar-refractivity contribution in [2.45, 2.75) is 25.7 Å². The Bertz CT molecular complexity index is 1490. The molecule has 0 saturated heterocycles. The molecule has 0 saturated carbocycles. The quantitative estimate of drug-likeness (QED) is 0.227. The van der Waals surface area contributed by atoms with Crippen LogP contribution in [-0.2, 0) is 24.3 Å². The molecule has 2 aromatic heterocycles. The molecule has 37 heavy (non-hydrogen) atoms. The first-order chi connectivity index (χ1) is 17.9. The fraction of sp³-hybridized carbons (Fsp3) is 0.148. The van der Waals surface area contributed by atoms with Gasteiger partial charge in [-0.05, 0) is 29.3 Å². The summed E-state index contributed by atoms with van der Waals surface area (Å²) in [5.74, 6) is -2.55. The van der Waals surface area contributed by atoms with E-state index in [0.29, 0.717) is 12.1 Å². The summed E-state index contributed by atoms with van der Waals surface area (Å²) in [6, 6.07) is 15.7. The Kier molecular flexibility index (Phi) is 7.09. The van der Waals surface area contributed by atoms with Crippen LogP contribution in [0, 0.1) is 23.3 Å². The standard InChI is InChI=1S/C27H20F4N4O2/c28-19-5-7-22(24(30)10-19)26-12-21(34-37-26)9-17-1-3-18(4-2-17)14-36-27(13-35-16-32-15-33-35)23-8-6-20(29)11-25(23)31/h1-8,10-12,15-16,27H,9,13-14H2. The molecule has 3 aromatic carbocycles. The lowest BCUT2D eigenvalue weighted by atomic mass is 10.1. The van der Waals surface area contributed by atoms with Gasteiger partial charge in [0, 0.05) is 30.2 Å². The van der Waals surface area contributed by atoms with Crippen LogP contribution in [0.4, 0.5) is 17.6 Å². The first-order valence-corrected chi connectivity index (χ1v) is 11.3. The van der Waals surface area contributed by atoms with E-state index in [1.165, 1.54) is 35.5 Å². The molecular weight excluding hydrogens is 488 g/mol. The maximum Gasteiger partial charge on any atom is 0.170 e. The summed E-state index contributed by atoms with van der Waals surface area (Å²) in [7, 11) is 0. The number of benzene rings is 3. The zero-order valence-electron chi connectivity index (χ0n) is 19.3. The van der Waals surface area contributed by atoms with E-state index < -0.39 is 29.4 Å². The topological polar surface area (TPSA) is 66.0 Å². The number of ether oxygens (including phenoxy) is 1. The molecular formula is C27H20F4N4O2. The second kappa shape index (κ2) is 10.8. The van der Waals surface area contributed by atoms with Crippen LogP contribution in [0.3, 0.4) is 0 Å². The van der Waals surface area contributed by atoms with Gasteiger partial charge in [-0.2, -0.15) is 5.10 Å². The van der Waals surface area contributed by atoms with Gasteiger partial charge in [0.1, 0.15) is 42.0 Å². The van der Waals surface area contributed by atoms with Gasteiger partial charge in [-0.15, -0.1) is 0 Å². The average Bonchev–Trinajstić information content (AvgIpc) is 3.55. The lowest BCUT2D eigenvalue weighted by Crippen LogP contribution is -2.15. The maximum atomic E-state index is 14.4. The Morgan fingerprint density at radius 2 is 1.57 bits per heavy atom. The van der Waals surface area contributed by atoms with Gasteiger partial charge in [0.15, 0.2) is 5.76 Å². The van der Waals surface area contributed by atoms with Gasteiger partial charge in [-0.25, -0.2) is 22.5 Å². The molecule has 2 heterocycles. The van der Waals surface area contributed by atoms with Gasteiger partial charge in [0.05, 0.1) is 24.4 Å². The van der Waals surface area contributed by atoms with Gasteiger partial charge < -0.3 is 9.26 Å². The summed E-state index contributed by atoms with van der Waals surface area (Å²) in [5, 5.41) is 8.02. The summed E-state index contributed by atoms with van der Waals surface area (Å²) in [6.07, 6.45) is 2.57. The van der Waals surface area contributed by atoms with Gasteiger partial charge in [0.2, 0.25) is 0 Å². The number of nitrogens with zero attached hydrogens (tertiary/aromatic N) is 4. The number of aromatic nitrogens is 4. The molecule has 0 aliphatic heterocycles. The van der Waals surface area contributed by atoms with E-state index in [9.17, 15) is 17.6 Å². The maximum absolute atomic E-state index is 14.4. The summed E-state index contributed by atoms with van der Waals surface area (Å²) >= 11 is 0. The molecule has 0 fully saturated rings. The minimum absolute atomic E-state index is 0.130. The summed E-state index contributed by atoms with van der Waals surface area (Å²) in [6.45, 7) is 0.373. The Hall–Kier alpha value is -4.31. The second-order valence-corrected chi connectivity index (χ2v) is 8.38. The van der Waals surface area contributed by atoms with Crippen molar-refractivity contribution in [3.63, 3.8) is 0 Å². The molecule has 1 atom stereocenters. The molecule has 0 spiro atoms. The summed E-state index contributed by atoms with van der Waals surface area (Å²) < 4.78 is 67.8. The van der Waals surface area contributed by atoms with E-state index in [-0.39, 0.29) is 30.0 Å². The fourth-order valence-electron chi connectivity index (χ4n) is 3.87. The average molecular weight is 508 g/mol. The first-order valence-electron chi connectivity index (χ1n) is 11.3. The minimum Gasteiger partial charge on any atom is -0.367 e. The Balaban J connectivity index is 1.25. The molecule has 0 aliphatic carbocycles. The second-order valence-electron chi connectivity index (χ2n) is 8.38. The molecule has 0 N–H and O–H groups in total. The summed E-state index contributed by atoms with van der Waals surface area (Å²) in [5.41, 5.74) is 2.69. The molecule has 6 nitrogen and oxygen atoms in total. The zero-order valence-corrected chi connectivity index (χ0v) is 19.3. The van der Waals surface area contributed by atoms with E-state index in [2.05, 4.69) is 15.2 Å². The molecule has 10 heteroatoms. The van der Waals surface area contributed by atoms with Crippen molar-refractivity contribution in [1.29, 1.82) is 0 Å². The smallest absolute Gasteiger partial charge is 0.170 e. The van der Waals surface area contributed by atoms with Crippen molar-refractivity contribution in [2.75, 3.05) is 0 Å². The molecule has 0 radical (unpaired) electrons. The third-order valence-electron chi connectivity index (χ3n) is 5.74. The number of rotatable bonds is 9. The largest absolute Gasteiger partial charge is 0.367 e. The van der Waals surface area contributed by atoms with Crippen LogP contribution in [0.25, 0.3) is 11.3 Å². The van der Waals surface area contributed by atoms with Gasteiger partial charge in [0.25, 0.3) is 0 Å². The molecule has 5 rings (SSSR count). The normalized spacial score (nSPS) is 12.1. The van der Waals surface area contributed by atoms with E-state index >= 15 is 0 Å². The van der Waals surface area contributed by atoms with Crippen LogP contribution in [0.1, 0.15) is 28.5 Å². The van der Waals surface area contributed by atoms with Crippen molar-refractivity contribution < 1.29 is 26.8 Å². The SMILES string of the molecule is Fc1ccc(-c2cc(Cc3ccc(COC(Cn4cncn4)c4ccc(F)cc4F)cc3)no2)c(F)c1. The van der Waals surface area contributed by atoms with Crippen LogP contribution >= 0.6 is 0 Å². The van der Waals surface area contributed by atoms with Crippen LogP contribution < -0.4 is 0 Å². The van der Waals surface area contributed by atoms with Crippen LogP contribution in [0.5, 0.6) is 0 Å². The third-order valence-corrected chi connectivity index (χ3v) is 5.74. The molecule has 0 bridgehead atoms. The zero-order chi connectivity index (χ0) is 25.8. The van der Waals surface area contributed by atoms with Gasteiger partial charge >= 0.3 is 0 Å². The lowest BCUT2D eigenvalue weighted by Gasteiger charge is -2.19. The molecule has 1 unspecified atom stereocenters. The number of hydrogen-bond acceptors (Lipinski definition) is 5. The van der Waals surface area contributed by atoms with Crippen molar-refractivity contribution in [1.82, 2.24) is 19.9 Å². The summed E-state index contributed by atoms with van der Waals surface area (Å²) in [4.78, 5) is 3.89. The third kappa shape index (κ3) is 5.92. The van der Waals surface area contributed by atoms with Crippen LogP contribution in [0.2, 0.25) is 0 Å². The Labute approximate surface area is 209 Å². The predicted octanol–water partition coefficient (Wildman–Crippen LogP) is 6.04. The highest BCUT2D eigenvalue weighted by Gasteiger charge is 2.19. The van der Waals surface area contributed by atoms with Crippen molar-refractivity contribution in [3.05, 3.63) is 125 Å². The van der Waals surface area contributed by atoms with Crippen molar-refractivity contribution in [2.24, 2.45) is 0 Å². The highest BCUT2D eigenvalue weighted by atomic mass is 19.1. The van der Waals surface area contributed by atoms with E-state index in [4.69, 9.17) is 9.26 Å². The minimum atomic E-state index is -0.727. The monoisotopic (exact) mass is 508 g/mol. The molecule has 188 valence electrons. The van der Waals surface area contributed by atoms with E-state index in [1.54, 1.807) is 6.07 Å². The molecule has 0 amide bonds. The van der Waals surface area contributed by atoms with Crippen molar-refractivity contribution >= 4 is 0 Å². The highest BCUT2D eigenvalue weighted by molar-refractivity contribution is 5.58. The van der Waals surface area contributed by atoms with Gasteiger partial charge in [-0.3, -0.25) is 4.68 Å². The first kappa shape index (κ1) is 24.4. The van der Waals surface area contributed by atoms with E-state index in [1.807, 2.05) is 24.3 Å². The highest BCUT2D eigenvalue weighted by Crippen LogP contribution is 2.26. The van der Waals surface area contributed by atoms with Crippen molar-refractivity contribution in [3.8, 4) is 11.3 Å². The lowest BCUT2D eigenvalue weighted by molar-refractivity contribution is 0.0233. The number of hydrogen-bond donors (Lipinski definition) is 0. The van der Waals surface area contributed by atoms with E-state index in [0.717, 1.165) is 29.3 Å². The fourth-order valence-corrected chi connectivity index (χ4v) is 3.87. The number of halogens is 4. The molecule has 5 aromatic rings. The Morgan fingerprint density at radius 3 is 2.27 bits per heavy atom. The Morgan fingerprint density at radius 1 is 0.838 bits per heavy atom. The van der Waals surface area contributed by atoms with Crippen LogP contribution in [0.15, 0.2) is 83.9 Å². The van der Waals surface area contributed by atoms with Crippen LogP contribution in [-0.4, -0.2) is 19.9 Å². The predicted molar refractivity (Wildman–Crippen MR) is 125 cm³/mol. The molecule has 0 aliphatic rings.